The Balaban J connectivity index is 2.50. The van der Waals surface area contributed by atoms with E-state index in [-0.39, 0.29) is 0 Å². The van der Waals surface area contributed by atoms with Crippen molar-refractivity contribution in [1.82, 2.24) is 5.32 Å². The normalized spacial score (nSPS) is 13.5. The molecule has 0 bridgehead atoms. The molecular weight excluding hydrogens is 260 g/mol. The van der Waals surface area contributed by atoms with Crippen LogP contribution in [0.2, 0.25) is 0 Å². The number of rotatable bonds is 7. The second-order valence-corrected chi connectivity index (χ2v) is 6.00. The van der Waals surface area contributed by atoms with Crippen molar-refractivity contribution >= 4 is 0 Å². The van der Waals surface area contributed by atoms with E-state index in [4.69, 9.17) is 0 Å². The minimum atomic E-state index is -0.927. The van der Waals surface area contributed by atoms with E-state index in [2.05, 4.69) is 33.0 Å². The summed E-state index contributed by atoms with van der Waals surface area (Å²) >= 11 is 0. The number of aliphatic hydroxyl groups is 1. The Morgan fingerprint density at radius 3 is 2.10 bits per heavy atom. The third kappa shape index (κ3) is 4.84. The Morgan fingerprint density at radius 1 is 1.00 bits per heavy atom. The lowest BCUT2D eigenvalue weighted by Gasteiger charge is -2.25. The largest absolute Gasteiger partial charge is 0.387 e. The van der Waals surface area contributed by atoms with Crippen LogP contribution in [-0.4, -0.2) is 18.2 Å². The SMILES string of the molecule is CC(C)C(CNCC(O)c1ccc(F)c(F)c1)C(C)C. The Labute approximate surface area is 120 Å². The molecule has 4 heteroatoms. The standard InChI is InChI=1S/C16H25F2NO/c1-10(2)13(11(3)4)8-19-9-16(20)12-5-6-14(17)15(18)7-12/h5-7,10-11,13,16,19-20H,8-9H2,1-4H3. The second kappa shape index (κ2) is 7.70. The minimum Gasteiger partial charge on any atom is -0.387 e. The molecule has 0 amide bonds. The van der Waals surface area contributed by atoms with Crippen LogP contribution in [0, 0.1) is 29.4 Å². The molecule has 0 heterocycles. The summed E-state index contributed by atoms with van der Waals surface area (Å²) in [7, 11) is 0. The lowest BCUT2D eigenvalue weighted by molar-refractivity contribution is 0.166. The van der Waals surface area contributed by atoms with E-state index in [0.717, 1.165) is 18.7 Å². The van der Waals surface area contributed by atoms with Crippen LogP contribution in [0.15, 0.2) is 18.2 Å². The van der Waals surface area contributed by atoms with Gasteiger partial charge in [0.25, 0.3) is 0 Å². The summed E-state index contributed by atoms with van der Waals surface area (Å²) in [6.45, 7) is 9.85. The fourth-order valence-corrected chi connectivity index (χ4v) is 2.47. The van der Waals surface area contributed by atoms with E-state index < -0.39 is 17.7 Å². The maximum atomic E-state index is 13.1. The van der Waals surface area contributed by atoms with Crippen LogP contribution in [0.25, 0.3) is 0 Å². The number of hydrogen-bond acceptors (Lipinski definition) is 2. The summed E-state index contributed by atoms with van der Waals surface area (Å²) in [5.41, 5.74) is 0.391. The van der Waals surface area contributed by atoms with E-state index in [1.54, 1.807) is 0 Å². The molecule has 0 spiro atoms. The monoisotopic (exact) mass is 285 g/mol. The molecule has 0 fully saturated rings. The quantitative estimate of drug-likeness (QED) is 0.803. The smallest absolute Gasteiger partial charge is 0.159 e. The number of halogens is 2. The highest BCUT2D eigenvalue weighted by molar-refractivity contribution is 5.20. The topological polar surface area (TPSA) is 32.3 Å². The number of aliphatic hydroxyl groups excluding tert-OH is 1. The van der Waals surface area contributed by atoms with Crippen molar-refractivity contribution in [2.45, 2.75) is 33.8 Å². The zero-order chi connectivity index (χ0) is 15.3. The van der Waals surface area contributed by atoms with Gasteiger partial charge in [0.2, 0.25) is 0 Å². The van der Waals surface area contributed by atoms with Crippen LogP contribution >= 0.6 is 0 Å². The predicted octanol–water partition coefficient (Wildman–Crippen LogP) is 3.52. The molecule has 0 aliphatic carbocycles. The lowest BCUT2D eigenvalue weighted by atomic mass is 9.85. The van der Waals surface area contributed by atoms with Crippen LogP contribution in [0.1, 0.15) is 39.4 Å². The van der Waals surface area contributed by atoms with Gasteiger partial charge < -0.3 is 10.4 Å². The molecule has 2 N–H and O–H groups in total. The Bertz CT molecular complexity index is 413. The molecule has 1 aromatic rings. The Morgan fingerprint density at radius 2 is 1.60 bits per heavy atom. The average Bonchev–Trinajstić information content (AvgIpc) is 2.36. The molecule has 0 radical (unpaired) electrons. The van der Waals surface area contributed by atoms with Crippen molar-refractivity contribution in [2.24, 2.45) is 17.8 Å². The van der Waals surface area contributed by atoms with Crippen molar-refractivity contribution in [2.75, 3.05) is 13.1 Å². The first-order valence-corrected chi connectivity index (χ1v) is 7.16. The first kappa shape index (κ1) is 17.1. The van der Waals surface area contributed by atoms with E-state index in [9.17, 15) is 13.9 Å². The third-order valence-corrected chi connectivity index (χ3v) is 3.76. The summed E-state index contributed by atoms with van der Waals surface area (Å²) in [6.07, 6.45) is -0.829. The molecule has 1 atom stereocenters. The number of benzene rings is 1. The summed E-state index contributed by atoms with van der Waals surface area (Å²) in [4.78, 5) is 0. The highest BCUT2D eigenvalue weighted by Gasteiger charge is 2.18. The summed E-state index contributed by atoms with van der Waals surface area (Å²) in [6, 6.07) is 3.50. The van der Waals surface area contributed by atoms with E-state index in [1.165, 1.54) is 6.07 Å². The van der Waals surface area contributed by atoms with Gasteiger partial charge in [-0.15, -0.1) is 0 Å². The van der Waals surface area contributed by atoms with Gasteiger partial charge in [0.1, 0.15) is 0 Å². The highest BCUT2D eigenvalue weighted by atomic mass is 19.2. The molecule has 0 aliphatic rings. The van der Waals surface area contributed by atoms with Crippen molar-refractivity contribution in [3.05, 3.63) is 35.4 Å². The Hall–Kier alpha value is -1.00. The van der Waals surface area contributed by atoms with Crippen LogP contribution in [0.5, 0.6) is 0 Å². The summed E-state index contributed by atoms with van der Waals surface area (Å²) < 4.78 is 25.9. The van der Waals surface area contributed by atoms with Gasteiger partial charge in [0.05, 0.1) is 6.10 Å². The molecule has 20 heavy (non-hydrogen) atoms. The van der Waals surface area contributed by atoms with Gasteiger partial charge in [-0.2, -0.15) is 0 Å². The van der Waals surface area contributed by atoms with Gasteiger partial charge in [-0.25, -0.2) is 8.78 Å². The summed E-state index contributed by atoms with van der Waals surface area (Å²) in [5.74, 6) is -0.185. The van der Waals surface area contributed by atoms with Crippen LogP contribution in [0.3, 0.4) is 0 Å². The van der Waals surface area contributed by atoms with Gasteiger partial charge in [-0.3, -0.25) is 0 Å². The molecule has 0 aliphatic heterocycles. The molecule has 0 saturated carbocycles. The van der Waals surface area contributed by atoms with Gasteiger partial charge in [-0.05, 0) is 42.0 Å². The van der Waals surface area contributed by atoms with Crippen molar-refractivity contribution in [1.29, 1.82) is 0 Å². The van der Waals surface area contributed by atoms with Crippen LogP contribution < -0.4 is 5.32 Å². The maximum absolute atomic E-state index is 13.1. The average molecular weight is 285 g/mol. The molecule has 0 aromatic heterocycles. The van der Waals surface area contributed by atoms with Crippen LogP contribution in [0.4, 0.5) is 8.78 Å². The first-order chi connectivity index (χ1) is 9.32. The molecule has 2 nitrogen and oxygen atoms in total. The zero-order valence-electron chi connectivity index (χ0n) is 12.7. The fourth-order valence-electron chi connectivity index (χ4n) is 2.47. The van der Waals surface area contributed by atoms with E-state index in [0.29, 0.717) is 29.9 Å². The Kier molecular flexibility index (Phi) is 6.56. The lowest BCUT2D eigenvalue weighted by Crippen LogP contribution is -2.32. The van der Waals surface area contributed by atoms with E-state index in [1.807, 2.05) is 0 Å². The highest BCUT2D eigenvalue weighted by Crippen LogP contribution is 2.20. The van der Waals surface area contributed by atoms with Gasteiger partial charge in [0.15, 0.2) is 11.6 Å². The number of hydrogen-bond donors (Lipinski definition) is 2. The second-order valence-electron chi connectivity index (χ2n) is 6.00. The first-order valence-electron chi connectivity index (χ1n) is 7.16. The van der Waals surface area contributed by atoms with Crippen molar-refractivity contribution in [3.8, 4) is 0 Å². The van der Waals surface area contributed by atoms with Gasteiger partial charge in [-0.1, -0.05) is 33.8 Å². The fraction of sp³-hybridized carbons (Fsp3) is 0.625. The van der Waals surface area contributed by atoms with Crippen molar-refractivity contribution in [3.63, 3.8) is 0 Å². The third-order valence-electron chi connectivity index (χ3n) is 3.76. The molecule has 1 aromatic carbocycles. The minimum absolute atomic E-state index is 0.334. The van der Waals surface area contributed by atoms with Gasteiger partial charge >= 0.3 is 0 Å². The van der Waals surface area contributed by atoms with Crippen molar-refractivity contribution < 1.29 is 13.9 Å². The number of nitrogens with one attached hydrogen (secondary N) is 1. The predicted molar refractivity (Wildman–Crippen MR) is 77.4 cm³/mol. The zero-order valence-corrected chi connectivity index (χ0v) is 12.7. The van der Waals surface area contributed by atoms with Gasteiger partial charge in [0, 0.05) is 6.54 Å². The molecule has 1 rings (SSSR count). The van der Waals surface area contributed by atoms with E-state index >= 15 is 0 Å². The molecular formula is C16H25F2NO. The molecule has 0 saturated heterocycles. The molecule has 114 valence electrons. The maximum Gasteiger partial charge on any atom is 0.159 e. The summed E-state index contributed by atoms with van der Waals surface area (Å²) in [5, 5.41) is 13.2. The van der Waals surface area contributed by atoms with Crippen LogP contribution in [-0.2, 0) is 0 Å². The molecule has 1 unspecified atom stereocenters.